The molecule has 0 fully saturated rings. The van der Waals surface area contributed by atoms with E-state index < -0.39 is 17.0 Å². The van der Waals surface area contributed by atoms with Gasteiger partial charge in [-0.1, -0.05) is 12.1 Å². The lowest BCUT2D eigenvalue weighted by atomic mass is 9.79. The molecule has 1 aliphatic carbocycles. The molecule has 1 N–H and O–H groups in total. The molecule has 6 nitrogen and oxygen atoms in total. The van der Waals surface area contributed by atoms with Gasteiger partial charge in [-0.15, -0.1) is 0 Å². The predicted molar refractivity (Wildman–Crippen MR) is 145 cm³/mol. The monoisotopic (exact) mass is 519 g/mol. The molecule has 0 saturated carbocycles. The third-order valence-electron chi connectivity index (χ3n) is 6.95. The van der Waals surface area contributed by atoms with Crippen LogP contribution in [0.4, 0.5) is 10.1 Å². The number of esters is 1. The summed E-state index contributed by atoms with van der Waals surface area (Å²) in [7, 11) is 1.58. The molecule has 38 heavy (non-hydrogen) atoms. The zero-order valence-corrected chi connectivity index (χ0v) is 22.5. The molecule has 0 heterocycles. The van der Waals surface area contributed by atoms with Gasteiger partial charge >= 0.3 is 5.97 Å². The zero-order valence-electron chi connectivity index (χ0n) is 22.5. The molecule has 1 amide bonds. The summed E-state index contributed by atoms with van der Waals surface area (Å²) < 4.78 is 25.1. The van der Waals surface area contributed by atoms with Crippen molar-refractivity contribution in [3.63, 3.8) is 0 Å². The van der Waals surface area contributed by atoms with Crippen molar-refractivity contribution < 1.29 is 28.6 Å². The number of ether oxygens (including phenoxy) is 2. The second-order valence-corrected chi connectivity index (χ2v) is 10.7. The van der Waals surface area contributed by atoms with Crippen LogP contribution in [0.15, 0.2) is 54.6 Å². The topological polar surface area (TPSA) is 76.1 Å². The zero-order chi connectivity index (χ0) is 27.6. The lowest BCUT2D eigenvalue weighted by Gasteiger charge is -2.31. The SMILES string of the molecule is CCN(C(=O)c1ccc(O)c(F)c1)c1cc(OC)ccc1[C@H]1CCc2cc(OC(=O)C(C)(C)C)ccc2C1. The highest BCUT2D eigenvalue weighted by atomic mass is 19.1. The second-order valence-electron chi connectivity index (χ2n) is 10.7. The minimum atomic E-state index is -0.839. The van der Waals surface area contributed by atoms with Crippen LogP contribution in [0.2, 0.25) is 0 Å². The number of carbonyl (C=O) groups excluding carboxylic acids is 2. The minimum Gasteiger partial charge on any atom is -0.505 e. The van der Waals surface area contributed by atoms with E-state index in [4.69, 9.17) is 9.47 Å². The number of anilines is 1. The summed E-state index contributed by atoms with van der Waals surface area (Å²) in [6, 6.07) is 15.2. The van der Waals surface area contributed by atoms with E-state index in [1.165, 1.54) is 17.7 Å². The van der Waals surface area contributed by atoms with Gasteiger partial charge in [-0.05, 0) is 106 Å². The Morgan fingerprint density at radius 1 is 1.03 bits per heavy atom. The second kappa shape index (κ2) is 10.9. The molecule has 0 spiro atoms. The molecule has 0 aromatic heterocycles. The van der Waals surface area contributed by atoms with Gasteiger partial charge in [0.15, 0.2) is 11.6 Å². The number of aromatic hydroxyl groups is 1. The van der Waals surface area contributed by atoms with Crippen LogP contribution in [0.1, 0.15) is 67.1 Å². The number of hydrogen-bond acceptors (Lipinski definition) is 5. The summed E-state index contributed by atoms with van der Waals surface area (Å²) in [5, 5.41) is 9.56. The molecule has 0 saturated heterocycles. The Balaban J connectivity index is 1.64. The number of phenols is 1. The van der Waals surface area contributed by atoms with Crippen molar-refractivity contribution >= 4 is 17.6 Å². The van der Waals surface area contributed by atoms with Crippen LogP contribution in [0.3, 0.4) is 0 Å². The standard InChI is InChI=1S/C31H34FNO5/c1-6-33(29(35)22-10-14-28(34)26(32)17-22)27-18-23(37-5)12-13-25(27)21-8-7-20-16-24(11-9-19(20)15-21)38-30(36)31(2,3)4/h9-14,16-18,21,34H,6-8,15H2,1-5H3/t21-/m0/s1. The largest absolute Gasteiger partial charge is 0.505 e. The summed E-state index contributed by atoms with van der Waals surface area (Å²) in [6.07, 6.45) is 2.42. The van der Waals surface area contributed by atoms with E-state index in [2.05, 4.69) is 0 Å². The molecule has 0 unspecified atom stereocenters. The number of hydrogen-bond donors (Lipinski definition) is 1. The highest BCUT2D eigenvalue weighted by molar-refractivity contribution is 6.06. The van der Waals surface area contributed by atoms with Crippen LogP contribution in [0.5, 0.6) is 17.2 Å². The first kappa shape index (κ1) is 27.2. The highest BCUT2D eigenvalue weighted by Gasteiger charge is 2.28. The number of methoxy groups -OCH3 is 1. The van der Waals surface area contributed by atoms with E-state index in [-0.39, 0.29) is 23.4 Å². The van der Waals surface area contributed by atoms with E-state index in [1.54, 1.807) is 12.0 Å². The summed E-state index contributed by atoms with van der Waals surface area (Å²) in [4.78, 5) is 27.4. The third kappa shape index (κ3) is 5.67. The molecule has 7 heteroatoms. The van der Waals surface area contributed by atoms with Crippen LogP contribution in [0.25, 0.3) is 0 Å². The molecule has 0 bridgehead atoms. The van der Waals surface area contributed by atoms with Crippen molar-refractivity contribution in [3.8, 4) is 17.2 Å². The van der Waals surface area contributed by atoms with Crippen LogP contribution >= 0.6 is 0 Å². The van der Waals surface area contributed by atoms with Crippen LogP contribution in [-0.2, 0) is 17.6 Å². The number of phenolic OH excluding ortho intramolecular Hbond substituents is 1. The fraction of sp³-hybridized carbons (Fsp3) is 0.355. The molecular weight excluding hydrogens is 485 g/mol. The van der Waals surface area contributed by atoms with Gasteiger partial charge in [0.05, 0.1) is 18.2 Å². The van der Waals surface area contributed by atoms with E-state index >= 15 is 0 Å². The van der Waals surface area contributed by atoms with Gasteiger partial charge in [0, 0.05) is 18.2 Å². The maximum absolute atomic E-state index is 14.0. The Morgan fingerprint density at radius 3 is 2.42 bits per heavy atom. The van der Waals surface area contributed by atoms with Crippen LogP contribution < -0.4 is 14.4 Å². The normalized spacial score (nSPS) is 14.9. The van der Waals surface area contributed by atoms with E-state index in [0.717, 1.165) is 42.1 Å². The Bertz CT molecular complexity index is 1360. The fourth-order valence-corrected chi connectivity index (χ4v) is 4.77. The molecule has 200 valence electrons. The van der Waals surface area contributed by atoms with Crippen molar-refractivity contribution in [2.24, 2.45) is 5.41 Å². The molecule has 1 atom stereocenters. The van der Waals surface area contributed by atoms with E-state index in [0.29, 0.717) is 18.0 Å². The summed E-state index contributed by atoms with van der Waals surface area (Å²) in [5.41, 5.74) is 3.62. The molecule has 4 rings (SSSR count). The minimum absolute atomic E-state index is 0.143. The first-order chi connectivity index (χ1) is 18.0. The third-order valence-corrected chi connectivity index (χ3v) is 6.95. The summed E-state index contributed by atoms with van der Waals surface area (Å²) in [5.74, 6) is -0.651. The number of nitrogens with zero attached hydrogens (tertiary/aromatic N) is 1. The molecule has 3 aromatic carbocycles. The van der Waals surface area contributed by atoms with Crippen molar-refractivity contribution in [2.75, 3.05) is 18.6 Å². The Morgan fingerprint density at radius 2 is 1.76 bits per heavy atom. The predicted octanol–water partition coefficient (Wildman–Crippen LogP) is 6.43. The number of carbonyl (C=O) groups is 2. The average molecular weight is 520 g/mol. The van der Waals surface area contributed by atoms with Gasteiger partial charge in [0.25, 0.3) is 5.91 Å². The van der Waals surface area contributed by atoms with Gasteiger partial charge in [-0.2, -0.15) is 0 Å². The maximum atomic E-state index is 14.0. The highest BCUT2D eigenvalue weighted by Crippen LogP contribution is 2.40. The van der Waals surface area contributed by atoms with Crippen LogP contribution in [-0.4, -0.2) is 30.6 Å². The molecular formula is C31H34FNO5. The Hall–Kier alpha value is -3.87. The van der Waals surface area contributed by atoms with Gasteiger partial charge in [0.2, 0.25) is 0 Å². The van der Waals surface area contributed by atoms with E-state index in [9.17, 15) is 19.1 Å². The number of halogens is 1. The number of amides is 1. The smallest absolute Gasteiger partial charge is 0.316 e. The first-order valence-electron chi connectivity index (χ1n) is 12.8. The van der Waals surface area contributed by atoms with Crippen molar-refractivity contribution in [3.05, 3.63) is 82.7 Å². The number of benzene rings is 3. The first-order valence-corrected chi connectivity index (χ1v) is 12.8. The Kier molecular flexibility index (Phi) is 7.76. The average Bonchev–Trinajstić information content (AvgIpc) is 2.89. The van der Waals surface area contributed by atoms with Gasteiger partial charge in [0.1, 0.15) is 11.5 Å². The van der Waals surface area contributed by atoms with Crippen molar-refractivity contribution in [1.29, 1.82) is 0 Å². The van der Waals surface area contributed by atoms with E-state index in [1.807, 2.05) is 64.1 Å². The molecule has 3 aromatic rings. The maximum Gasteiger partial charge on any atom is 0.316 e. The molecule has 0 aliphatic heterocycles. The molecule has 1 aliphatic rings. The summed E-state index contributed by atoms with van der Waals surface area (Å²) in [6.45, 7) is 7.72. The molecule has 0 radical (unpaired) electrons. The number of rotatable bonds is 6. The summed E-state index contributed by atoms with van der Waals surface area (Å²) >= 11 is 0. The lowest BCUT2D eigenvalue weighted by Crippen LogP contribution is -2.32. The van der Waals surface area contributed by atoms with Crippen molar-refractivity contribution in [1.82, 2.24) is 0 Å². The number of fused-ring (bicyclic) bond motifs is 1. The van der Waals surface area contributed by atoms with Gasteiger partial charge in [-0.3, -0.25) is 9.59 Å². The van der Waals surface area contributed by atoms with Gasteiger partial charge in [-0.25, -0.2) is 4.39 Å². The van der Waals surface area contributed by atoms with Crippen LogP contribution in [0, 0.1) is 11.2 Å². The van der Waals surface area contributed by atoms with Crippen molar-refractivity contribution in [2.45, 2.75) is 52.9 Å². The quantitative estimate of drug-likeness (QED) is 0.300. The Labute approximate surface area is 223 Å². The fourth-order valence-electron chi connectivity index (χ4n) is 4.77. The number of aryl methyl sites for hydroxylation is 1. The lowest BCUT2D eigenvalue weighted by molar-refractivity contribution is -0.143. The van der Waals surface area contributed by atoms with Gasteiger partial charge < -0.3 is 19.5 Å².